The van der Waals surface area contributed by atoms with E-state index in [1.54, 1.807) is 23.5 Å². The Labute approximate surface area is 130 Å². The lowest BCUT2D eigenvalue weighted by Crippen LogP contribution is -1.85. The minimum absolute atomic E-state index is 0.931. The Hall–Kier alpha value is -0.770. The number of hydrogen-bond acceptors (Lipinski definition) is 3. The monoisotopic (exact) mass is 306 g/mol. The Morgan fingerprint density at radius 1 is 1.05 bits per heavy atom. The van der Waals surface area contributed by atoms with Crippen molar-refractivity contribution in [3.63, 3.8) is 0 Å². The maximum Gasteiger partial charge on any atom is 0.104 e. The Kier molecular flexibility index (Phi) is 9.51. The highest BCUT2D eigenvalue weighted by atomic mass is 32.2. The quantitative estimate of drug-likeness (QED) is 0.494. The largest absolute Gasteiger partial charge is 0.104 e. The third-order valence-electron chi connectivity index (χ3n) is 2.16. The maximum absolute atomic E-state index is 5.34. The molecule has 0 radical (unpaired) electrons. The third-order valence-corrected chi connectivity index (χ3v) is 4.88. The van der Waals surface area contributed by atoms with Crippen molar-refractivity contribution in [2.75, 3.05) is 5.75 Å². The molecule has 1 rings (SSSR count). The van der Waals surface area contributed by atoms with Gasteiger partial charge in [0, 0.05) is 11.5 Å². The highest BCUT2D eigenvalue weighted by molar-refractivity contribution is 8.46. The van der Waals surface area contributed by atoms with Crippen LogP contribution in [0.4, 0.5) is 0 Å². The van der Waals surface area contributed by atoms with Crippen LogP contribution in [0.15, 0.2) is 66.8 Å². The van der Waals surface area contributed by atoms with Gasteiger partial charge in [-0.05, 0) is 12.5 Å². The molecule has 1 aromatic rings. The van der Waals surface area contributed by atoms with Gasteiger partial charge in [-0.15, -0.1) is 23.5 Å². The van der Waals surface area contributed by atoms with Crippen molar-refractivity contribution in [1.82, 2.24) is 0 Å². The van der Waals surface area contributed by atoms with Gasteiger partial charge in [0.1, 0.15) is 3.53 Å². The lowest BCUT2D eigenvalue weighted by molar-refractivity contribution is 1.43. The third kappa shape index (κ3) is 8.87. The summed E-state index contributed by atoms with van der Waals surface area (Å²) in [4.78, 5) is 0. The summed E-state index contributed by atoms with van der Waals surface area (Å²) in [6.07, 6.45) is 12.2. The Balaban J connectivity index is 2.15. The van der Waals surface area contributed by atoms with Gasteiger partial charge in [0.25, 0.3) is 0 Å². The lowest BCUT2D eigenvalue weighted by atomic mass is 10.2. The summed E-state index contributed by atoms with van der Waals surface area (Å²) in [5.74, 6) is 1.89. The average Bonchev–Trinajstić information content (AvgIpc) is 2.45. The summed E-state index contributed by atoms with van der Waals surface area (Å²) < 4.78 is 1.01. The lowest BCUT2D eigenvalue weighted by Gasteiger charge is -2.01. The highest BCUT2D eigenvalue weighted by Crippen LogP contribution is 2.21. The Morgan fingerprint density at radius 3 is 2.53 bits per heavy atom. The molecule has 0 nitrogen and oxygen atoms in total. The molecule has 1 aromatic carbocycles. The van der Waals surface area contributed by atoms with Gasteiger partial charge in [-0.1, -0.05) is 79.0 Å². The van der Waals surface area contributed by atoms with Crippen LogP contribution in [-0.4, -0.2) is 9.28 Å². The normalized spacial score (nSPS) is 11.8. The van der Waals surface area contributed by atoms with E-state index in [4.69, 9.17) is 12.2 Å². The number of benzene rings is 1. The maximum atomic E-state index is 5.34. The van der Waals surface area contributed by atoms with Crippen LogP contribution < -0.4 is 0 Å². The highest BCUT2D eigenvalue weighted by Gasteiger charge is 1.98. The SMILES string of the molecule is C\C=C/C=C\C=C\CSC(=S)SCc1ccccc1. The van der Waals surface area contributed by atoms with Crippen molar-refractivity contribution >= 4 is 39.3 Å². The molecular weight excluding hydrogens is 288 g/mol. The van der Waals surface area contributed by atoms with Crippen molar-refractivity contribution in [3.8, 4) is 0 Å². The van der Waals surface area contributed by atoms with E-state index in [-0.39, 0.29) is 0 Å². The molecule has 0 spiro atoms. The minimum atomic E-state index is 0.931. The smallest absolute Gasteiger partial charge is 0.104 e. The zero-order valence-electron chi connectivity index (χ0n) is 11.0. The van der Waals surface area contributed by atoms with Crippen LogP contribution in [0.25, 0.3) is 0 Å². The van der Waals surface area contributed by atoms with E-state index in [9.17, 15) is 0 Å². The second-order valence-corrected chi connectivity index (χ2v) is 6.87. The van der Waals surface area contributed by atoms with Gasteiger partial charge < -0.3 is 0 Å². The molecule has 19 heavy (non-hydrogen) atoms. The van der Waals surface area contributed by atoms with Gasteiger partial charge in [0.2, 0.25) is 0 Å². The molecule has 0 aliphatic heterocycles. The molecular formula is C16H18S3. The summed E-state index contributed by atoms with van der Waals surface area (Å²) in [5, 5.41) is 0. The number of thioether (sulfide) groups is 2. The molecule has 0 aliphatic carbocycles. The first-order chi connectivity index (χ1) is 9.33. The molecule has 100 valence electrons. The predicted molar refractivity (Wildman–Crippen MR) is 95.9 cm³/mol. The summed E-state index contributed by atoms with van der Waals surface area (Å²) >= 11 is 8.78. The molecule has 0 N–H and O–H groups in total. The van der Waals surface area contributed by atoms with Crippen LogP contribution >= 0.6 is 35.7 Å². The summed E-state index contributed by atoms with van der Waals surface area (Å²) in [6, 6.07) is 10.4. The van der Waals surface area contributed by atoms with Crippen molar-refractivity contribution < 1.29 is 0 Å². The van der Waals surface area contributed by atoms with E-state index in [0.717, 1.165) is 15.0 Å². The van der Waals surface area contributed by atoms with Crippen molar-refractivity contribution in [2.45, 2.75) is 12.7 Å². The molecule has 0 aromatic heterocycles. The van der Waals surface area contributed by atoms with Crippen molar-refractivity contribution in [2.24, 2.45) is 0 Å². The minimum Gasteiger partial charge on any atom is -0.104 e. The molecule has 0 aliphatic rings. The molecule has 0 saturated heterocycles. The second-order valence-electron chi connectivity index (χ2n) is 3.67. The van der Waals surface area contributed by atoms with Gasteiger partial charge in [-0.25, -0.2) is 0 Å². The molecule has 3 heteroatoms. The van der Waals surface area contributed by atoms with Crippen LogP contribution in [0.5, 0.6) is 0 Å². The van der Waals surface area contributed by atoms with Crippen LogP contribution in [0, 0.1) is 0 Å². The fourth-order valence-electron chi connectivity index (χ4n) is 1.25. The number of rotatable bonds is 6. The molecule has 0 amide bonds. The van der Waals surface area contributed by atoms with E-state index >= 15 is 0 Å². The number of allylic oxidation sites excluding steroid dienone is 5. The zero-order valence-corrected chi connectivity index (χ0v) is 13.4. The first-order valence-electron chi connectivity index (χ1n) is 6.11. The van der Waals surface area contributed by atoms with Crippen molar-refractivity contribution in [3.05, 3.63) is 72.4 Å². The van der Waals surface area contributed by atoms with Gasteiger partial charge in [-0.3, -0.25) is 0 Å². The van der Waals surface area contributed by atoms with E-state index in [1.165, 1.54) is 5.56 Å². The van der Waals surface area contributed by atoms with Gasteiger partial charge in [-0.2, -0.15) is 0 Å². The van der Waals surface area contributed by atoms with E-state index in [2.05, 4.69) is 36.4 Å². The fraction of sp³-hybridized carbons (Fsp3) is 0.188. The van der Waals surface area contributed by atoms with Crippen LogP contribution in [0.1, 0.15) is 12.5 Å². The first-order valence-corrected chi connectivity index (χ1v) is 8.49. The molecule has 0 saturated carbocycles. The van der Waals surface area contributed by atoms with Crippen LogP contribution in [0.2, 0.25) is 0 Å². The number of hydrogen-bond donors (Lipinski definition) is 0. The van der Waals surface area contributed by atoms with Crippen LogP contribution in [0.3, 0.4) is 0 Å². The predicted octanol–water partition coefficient (Wildman–Crippen LogP) is 5.63. The Bertz CT molecular complexity index is 444. The van der Waals surface area contributed by atoms with E-state index in [0.29, 0.717) is 0 Å². The average molecular weight is 307 g/mol. The fourth-order valence-corrected chi connectivity index (χ4v) is 3.16. The summed E-state index contributed by atoms with van der Waals surface area (Å²) in [5.41, 5.74) is 1.32. The van der Waals surface area contributed by atoms with Gasteiger partial charge in [0.15, 0.2) is 0 Å². The zero-order chi connectivity index (χ0) is 13.8. The second kappa shape index (κ2) is 11.1. The van der Waals surface area contributed by atoms with E-state index in [1.807, 2.05) is 37.3 Å². The van der Waals surface area contributed by atoms with Gasteiger partial charge >= 0.3 is 0 Å². The Morgan fingerprint density at radius 2 is 1.79 bits per heavy atom. The van der Waals surface area contributed by atoms with Gasteiger partial charge in [0.05, 0.1) is 0 Å². The molecule has 0 unspecified atom stereocenters. The number of thiocarbonyl (C=S) groups is 1. The summed E-state index contributed by atoms with van der Waals surface area (Å²) in [6.45, 7) is 2.01. The molecule has 0 bridgehead atoms. The van der Waals surface area contributed by atoms with Crippen LogP contribution in [-0.2, 0) is 5.75 Å². The standard InChI is InChI=1S/C16H18S3/c1-2-3-4-5-6-10-13-18-16(17)19-14-15-11-8-7-9-12-15/h2-12H,13-14H2,1H3/b3-2-,5-4-,10-6+. The molecule has 0 heterocycles. The topological polar surface area (TPSA) is 0 Å². The summed E-state index contributed by atoms with van der Waals surface area (Å²) in [7, 11) is 0. The van der Waals surface area contributed by atoms with E-state index < -0.39 is 0 Å². The van der Waals surface area contributed by atoms with Crippen molar-refractivity contribution in [1.29, 1.82) is 0 Å². The molecule has 0 atom stereocenters. The molecule has 0 fully saturated rings. The first kappa shape index (κ1) is 16.3.